The second-order valence-electron chi connectivity index (χ2n) is 7.29. The monoisotopic (exact) mass is 470 g/mol. The molecule has 3 atom stereocenters. The van der Waals surface area contributed by atoms with E-state index in [1.807, 2.05) is 0 Å². The number of carbonyl (C=O) groups excluding carboxylic acids is 1. The number of sulfonamides is 1. The molecule has 1 fully saturated rings. The lowest BCUT2D eigenvalue weighted by molar-refractivity contribution is -0.0891. The van der Waals surface area contributed by atoms with Crippen LogP contribution >= 0.6 is 11.6 Å². The molecule has 0 saturated carbocycles. The van der Waals surface area contributed by atoms with Crippen molar-refractivity contribution in [3.05, 3.63) is 64.9 Å². The fourth-order valence-electron chi connectivity index (χ4n) is 3.43. The third kappa shape index (κ3) is 6.47. The SMILES string of the molecule is O=C(N[C@@H]1CC[C@H](CCNS(=O)(=O)c2cccc(Cl)c2)O[C@@H]1CO)c1ccc(F)cc1. The lowest BCUT2D eigenvalue weighted by Gasteiger charge is -2.36. The Morgan fingerprint density at radius 3 is 2.61 bits per heavy atom. The van der Waals surface area contributed by atoms with E-state index < -0.39 is 28.0 Å². The number of nitrogens with one attached hydrogen (secondary N) is 2. The van der Waals surface area contributed by atoms with Gasteiger partial charge in [0.15, 0.2) is 0 Å². The van der Waals surface area contributed by atoms with Crippen molar-refractivity contribution in [3.8, 4) is 0 Å². The number of hydrogen-bond donors (Lipinski definition) is 3. The van der Waals surface area contributed by atoms with Gasteiger partial charge in [-0.3, -0.25) is 4.79 Å². The largest absolute Gasteiger partial charge is 0.394 e. The average Bonchev–Trinajstić information content (AvgIpc) is 2.75. The summed E-state index contributed by atoms with van der Waals surface area (Å²) in [4.78, 5) is 12.4. The van der Waals surface area contributed by atoms with E-state index in [2.05, 4.69) is 10.0 Å². The molecule has 0 aromatic heterocycles. The van der Waals surface area contributed by atoms with Crippen LogP contribution in [0.2, 0.25) is 5.02 Å². The number of amides is 1. The molecule has 2 aromatic rings. The first-order valence-corrected chi connectivity index (χ1v) is 11.7. The van der Waals surface area contributed by atoms with Gasteiger partial charge in [0, 0.05) is 17.1 Å². The molecule has 0 unspecified atom stereocenters. The van der Waals surface area contributed by atoms with E-state index in [1.54, 1.807) is 12.1 Å². The molecule has 1 aliphatic heterocycles. The first-order valence-electron chi connectivity index (χ1n) is 9.86. The summed E-state index contributed by atoms with van der Waals surface area (Å²) in [6.07, 6.45) is 0.675. The van der Waals surface area contributed by atoms with Gasteiger partial charge in [0.2, 0.25) is 10.0 Å². The molecule has 3 N–H and O–H groups in total. The summed E-state index contributed by atoms with van der Waals surface area (Å²) in [5.41, 5.74) is 0.315. The molecule has 0 radical (unpaired) electrons. The van der Waals surface area contributed by atoms with Gasteiger partial charge in [0.05, 0.1) is 23.6 Å². The van der Waals surface area contributed by atoms with Crippen LogP contribution in [0.15, 0.2) is 53.4 Å². The summed E-state index contributed by atoms with van der Waals surface area (Å²) < 4.78 is 46.1. The van der Waals surface area contributed by atoms with E-state index in [1.165, 1.54) is 36.4 Å². The van der Waals surface area contributed by atoms with Crippen molar-refractivity contribution in [2.24, 2.45) is 0 Å². The van der Waals surface area contributed by atoms with Crippen LogP contribution in [0, 0.1) is 5.82 Å². The minimum absolute atomic E-state index is 0.0846. The Balaban J connectivity index is 1.50. The Kier molecular flexibility index (Phi) is 8.01. The molecule has 168 valence electrons. The van der Waals surface area contributed by atoms with Gasteiger partial charge in [0.25, 0.3) is 5.91 Å². The lowest BCUT2D eigenvalue weighted by atomic mass is 9.97. The van der Waals surface area contributed by atoms with Gasteiger partial charge in [-0.1, -0.05) is 17.7 Å². The fraction of sp³-hybridized carbons (Fsp3) is 0.381. The third-order valence-electron chi connectivity index (χ3n) is 5.08. The highest BCUT2D eigenvalue weighted by molar-refractivity contribution is 7.89. The van der Waals surface area contributed by atoms with Gasteiger partial charge >= 0.3 is 0 Å². The summed E-state index contributed by atoms with van der Waals surface area (Å²) in [7, 11) is -3.69. The van der Waals surface area contributed by atoms with E-state index in [0.717, 1.165) is 0 Å². The molecule has 0 spiro atoms. The molecule has 1 saturated heterocycles. The quantitative estimate of drug-likeness (QED) is 0.549. The first-order chi connectivity index (χ1) is 14.8. The molecule has 3 rings (SSSR count). The molecule has 1 heterocycles. The highest BCUT2D eigenvalue weighted by atomic mass is 35.5. The van der Waals surface area contributed by atoms with Crippen LogP contribution < -0.4 is 10.0 Å². The second kappa shape index (κ2) is 10.5. The highest BCUT2D eigenvalue weighted by Crippen LogP contribution is 2.22. The van der Waals surface area contributed by atoms with Gasteiger partial charge < -0.3 is 15.2 Å². The van der Waals surface area contributed by atoms with E-state index >= 15 is 0 Å². The maximum Gasteiger partial charge on any atom is 0.251 e. The summed E-state index contributed by atoms with van der Waals surface area (Å²) in [5.74, 6) is -0.806. The summed E-state index contributed by atoms with van der Waals surface area (Å²) in [6.45, 7) is -0.136. The van der Waals surface area contributed by atoms with Crippen molar-refractivity contribution in [1.82, 2.24) is 10.0 Å². The highest BCUT2D eigenvalue weighted by Gasteiger charge is 2.32. The number of hydrogen-bond acceptors (Lipinski definition) is 5. The van der Waals surface area contributed by atoms with Crippen molar-refractivity contribution in [3.63, 3.8) is 0 Å². The van der Waals surface area contributed by atoms with Crippen LogP contribution in [0.5, 0.6) is 0 Å². The normalized spacial score (nSPS) is 21.6. The molecule has 2 aromatic carbocycles. The number of rotatable bonds is 8. The predicted molar refractivity (Wildman–Crippen MR) is 114 cm³/mol. The third-order valence-corrected chi connectivity index (χ3v) is 6.78. The Hall–Kier alpha value is -2.04. The van der Waals surface area contributed by atoms with Gasteiger partial charge in [-0.2, -0.15) is 0 Å². The van der Waals surface area contributed by atoms with Gasteiger partial charge in [0.1, 0.15) is 11.9 Å². The number of halogens is 2. The predicted octanol–water partition coefficient (Wildman–Crippen LogP) is 2.49. The number of carbonyl (C=O) groups is 1. The molecule has 7 nitrogen and oxygen atoms in total. The molecule has 31 heavy (non-hydrogen) atoms. The molecule has 0 bridgehead atoms. The maximum absolute atomic E-state index is 13.0. The van der Waals surface area contributed by atoms with Gasteiger partial charge in [-0.15, -0.1) is 0 Å². The molecule has 10 heteroatoms. The van der Waals surface area contributed by atoms with Crippen LogP contribution in [-0.2, 0) is 14.8 Å². The fourth-order valence-corrected chi connectivity index (χ4v) is 4.78. The summed E-state index contributed by atoms with van der Waals surface area (Å²) in [5, 5.41) is 12.8. The number of aliphatic hydroxyl groups is 1. The minimum Gasteiger partial charge on any atom is -0.394 e. The van der Waals surface area contributed by atoms with Crippen molar-refractivity contribution in [1.29, 1.82) is 0 Å². The Labute approximate surface area is 185 Å². The van der Waals surface area contributed by atoms with Crippen molar-refractivity contribution >= 4 is 27.5 Å². The number of benzene rings is 2. The Bertz CT molecular complexity index is 1000. The van der Waals surface area contributed by atoms with Crippen LogP contribution in [0.4, 0.5) is 4.39 Å². The first kappa shape index (κ1) is 23.6. The zero-order valence-electron chi connectivity index (χ0n) is 16.6. The van der Waals surface area contributed by atoms with Crippen LogP contribution in [-0.4, -0.2) is 50.8 Å². The van der Waals surface area contributed by atoms with Crippen molar-refractivity contribution in [2.45, 2.75) is 42.4 Å². The number of ether oxygens (including phenoxy) is 1. The van der Waals surface area contributed by atoms with Crippen molar-refractivity contribution in [2.75, 3.05) is 13.2 Å². The average molecular weight is 471 g/mol. The topological polar surface area (TPSA) is 105 Å². The second-order valence-corrected chi connectivity index (χ2v) is 9.49. The van der Waals surface area contributed by atoms with Gasteiger partial charge in [-0.25, -0.2) is 17.5 Å². The molecule has 0 aliphatic carbocycles. The lowest BCUT2D eigenvalue weighted by Crippen LogP contribution is -2.51. The molecule has 1 aliphatic rings. The van der Waals surface area contributed by atoms with Gasteiger partial charge in [-0.05, 0) is 61.7 Å². The van der Waals surface area contributed by atoms with E-state index in [4.69, 9.17) is 16.3 Å². The van der Waals surface area contributed by atoms with E-state index in [0.29, 0.717) is 29.8 Å². The molecular weight excluding hydrogens is 447 g/mol. The number of aliphatic hydroxyl groups excluding tert-OH is 1. The molecular formula is C21H24ClFN2O5S. The molecule has 1 amide bonds. The van der Waals surface area contributed by atoms with E-state index in [-0.39, 0.29) is 30.1 Å². The van der Waals surface area contributed by atoms with Crippen LogP contribution in [0.3, 0.4) is 0 Å². The van der Waals surface area contributed by atoms with Crippen LogP contribution in [0.25, 0.3) is 0 Å². The minimum atomic E-state index is -3.69. The van der Waals surface area contributed by atoms with Crippen molar-refractivity contribution < 1.29 is 27.4 Å². The zero-order chi connectivity index (χ0) is 22.4. The Morgan fingerprint density at radius 2 is 1.94 bits per heavy atom. The standard InChI is InChI=1S/C21H24ClFN2O5S/c22-15-2-1-3-18(12-15)31(28,29)24-11-10-17-8-9-19(20(13-26)30-17)25-21(27)14-4-6-16(23)7-5-14/h1-7,12,17,19-20,24,26H,8-11,13H2,(H,25,27)/t17-,19-,20-/m1/s1. The maximum atomic E-state index is 13.0. The van der Waals surface area contributed by atoms with Crippen LogP contribution in [0.1, 0.15) is 29.6 Å². The summed E-state index contributed by atoms with van der Waals surface area (Å²) >= 11 is 5.85. The zero-order valence-corrected chi connectivity index (χ0v) is 18.2. The van der Waals surface area contributed by atoms with E-state index in [9.17, 15) is 22.7 Å². The Morgan fingerprint density at radius 1 is 1.19 bits per heavy atom. The summed E-state index contributed by atoms with van der Waals surface area (Å²) in [6, 6.07) is 10.8. The smallest absolute Gasteiger partial charge is 0.251 e.